The van der Waals surface area contributed by atoms with Crippen molar-refractivity contribution >= 4 is 18.0 Å². The molecule has 162 valence electrons. The molecule has 1 amide bonds. The summed E-state index contributed by atoms with van der Waals surface area (Å²) in [6, 6.07) is -0.499. The zero-order valence-corrected chi connectivity index (χ0v) is 18.2. The molecular formula is C20H35NO7. The minimum absolute atomic E-state index is 0.0761. The predicted octanol–water partition coefficient (Wildman–Crippen LogP) is 3.73. The van der Waals surface area contributed by atoms with Crippen LogP contribution in [0.2, 0.25) is 0 Å². The van der Waals surface area contributed by atoms with Crippen LogP contribution < -0.4 is 0 Å². The largest absolute Gasteiger partial charge is 0.481 e. The van der Waals surface area contributed by atoms with Gasteiger partial charge in [0.2, 0.25) is 0 Å². The van der Waals surface area contributed by atoms with Gasteiger partial charge in [-0.2, -0.15) is 0 Å². The molecule has 0 bridgehead atoms. The van der Waals surface area contributed by atoms with Crippen molar-refractivity contribution in [2.24, 2.45) is 11.3 Å². The summed E-state index contributed by atoms with van der Waals surface area (Å²) in [4.78, 5) is 37.1. The van der Waals surface area contributed by atoms with Gasteiger partial charge in [-0.05, 0) is 52.9 Å². The fraction of sp³-hybridized carbons (Fsp3) is 0.850. The van der Waals surface area contributed by atoms with E-state index in [9.17, 15) is 24.6 Å². The third kappa shape index (κ3) is 6.65. The molecule has 0 saturated carbocycles. The second-order valence-corrected chi connectivity index (χ2v) is 9.93. The highest BCUT2D eigenvalue weighted by molar-refractivity contribution is 5.71. The van der Waals surface area contributed by atoms with Crippen LogP contribution >= 0.6 is 0 Å². The van der Waals surface area contributed by atoms with Crippen LogP contribution in [0.4, 0.5) is 4.79 Å². The first-order valence-electron chi connectivity index (χ1n) is 9.60. The topological polar surface area (TPSA) is 113 Å². The van der Waals surface area contributed by atoms with Gasteiger partial charge >= 0.3 is 18.0 Å². The molecule has 0 aromatic carbocycles. The average Bonchev–Trinajstić information content (AvgIpc) is 2.64. The number of hydrogen-bond donors (Lipinski definition) is 2. The summed E-state index contributed by atoms with van der Waals surface area (Å²) in [6.07, 6.45) is -0.612. The van der Waals surface area contributed by atoms with Crippen LogP contribution in [0.25, 0.3) is 0 Å². The summed E-state index contributed by atoms with van der Waals surface area (Å²) >= 11 is 0. The van der Waals surface area contributed by atoms with Gasteiger partial charge in [-0.1, -0.05) is 20.8 Å². The number of nitrogens with zero attached hydrogens (tertiary/aromatic N) is 1. The smallest absolute Gasteiger partial charge is 0.412 e. The standard InChI is InChI=1S/C20H35NO7/c1-12(16(24)25)9-14-13(10-19(5,6)11-15(22)23)21(20(7,8)27-14)17(26)28-18(2,3)4/h12-14H,9-11H2,1-8H3,(H,22,23)(H,24,25)/t12-,13+,14+/m1/s1. The third-order valence-corrected chi connectivity index (χ3v) is 4.77. The molecule has 0 aliphatic carbocycles. The fourth-order valence-electron chi connectivity index (χ4n) is 3.66. The van der Waals surface area contributed by atoms with E-state index in [2.05, 4.69) is 0 Å². The van der Waals surface area contributed by atoms with Crippen LogP contribution in [0.5, 0.6) is 0 Å². The van der Waals surface area contributed by atoms with E-state index in [-0.39, 0.29) is 12.8 Å². The van der Waals surface area contributed by atoms with Crippen LogP contribution in [-0.4, -0.2) is 56.6 Å². The lowest BCUT2D eigenvalue weighted by Crippen LogP contribution is -2.51. The van der Waals surface area contributed by atoms with Crippen LogP contribution in [0, 0.1) is 11.3 Å². The van der Waals surface area contributed by atoms with Gasteiger partial charge in [-0.3, -0.25) is 14.5 Å². The lowest BCUT2D eigenvalue weighted by molar-refractivity contribution is -0.143. The normalized spacial score (nSPS) is 23.4. The molecule has 1 aliphatic heterocycles. The van der Waals surface area contributed by atoms with Crippen LogP contribution in [0.15, 0.2) is 0 Å². The van der Waals surface area contributed by atoms with Gasteiger partial charge < -0.3 is 19.7 Å². The summed E-state index contributed by atoms with van der Waals surface area (Å²) in [6.45, 7) is 14.0. The number of carbonyl (C=O) groups is 3. The Balaban J connectivity index is 3.25. The van der Waals surface area contributed by atoms with Gasteiger partial charge in [0.05, 0.1) is 24.5 Å². The van der Waals surface area contributed by atoms with Gasteiger partial charge in [0.15, 0.2) is 0 Å². The monoisotopic (exact) mass is 401 g/mol. The second-order valence-electron chi connectivity index (χ2n) is 9.93. The van der Waals surface area contributed by atoms with Crippen molar-refractivity contribution in [2.75, 3.05) is 0 Å². The van der Waals surface area contributed by atoms with Crippen molar-refractivity contribution in [3.63, 3.8) is 0 Å². The van der Waals surface area contributed by atoms with Gasteiger partial charge in [-0.25, -0.2) is 4.79 Å². The van der Waals surface area contributed by atoms with E-state index in [1.165, 1.54) is 4.90 Å². The predicted molar refractivity (Wildman–Crippen MR) is 103 cm³/mol. The van der Waals surface area contributed by atoms with Crippen molar-refractivity contribution in [3.05, 3.63) is 0 Å². The maximum atomic E-state index is 13.0. The molecule has 8 heteroatoms. The molecule has 28 heavy (non-hydrogen) atoms. The molecule has 2 N–H and O–H groups in total. The molecule has 1 aliphatic rings. The van der Waals surface area contributed by atoms with E-state index in [4.69, 9.17) is 9.47 Å². The molecule has 0 spiro atoms. The Morgan fingerprint density at radius 3 is 2.11 bits per heavy atom. The van der Waals surface area contributed by atoms with Gasteiger partial charge in [0.1, 0.15) is 11.3 Å². The van der Waals surface area contributed by atoms with Crippen molar-refractivity contribution in [3.8, 4) is 0 Å². The minimum atomic E-state index is -1.00. The van der Waals surface area contributed by atoms with E-state index in [0.717, 1.165) is 0 Å². The van der Waals surface area contributed by atoms with Crippen molar-refractivity contribution < 1.29 is 34.1 Å². The number of carbonyl (C=O) groups excluding carboxylic acids is 1. The summed E-state index contributed by atoms with van der Waals surface area (Å²) < 4.78 is 11.7. The summed E-state index contributed by atoms with van der Waals surface area (Å²) in [7, 11) is 0. The Kier molecular flexibility index (Phi) is 7.15. The van der Waals surface area contributed by atoms with Crippen LogP contribution in [0.3, 0.4) is 0 Å². The maximum absolute atomic E-state index is 13.0. The first-order valence-corrected chi connectivity index (χ1v) is 9.60. The SMILES string of the molecule is C[C@H](C[C@@H]1OC(C)(C)N(C(=O)OC(C)(C)C)[C@H]1CC(C)(C)CC(=O)O)C(=O)O. The number of carboxylic acid groups (broad SMARTS) is 2. The minimum Gasteiger partial charge on any atom is -0.481 e. The Labute approximate surface area is 167 Å². The quantitative estimate of drug-likeness (QED) is 0.668. The highest BCUT2D eigenvalue weighted by Gasteiger charge is 2.52. The zero-order chi connectivity index (χ0) is 22.1. The van der Waals surface area contributed by atoms with Crippen LogP contribution in [0.1, 0.15) is 74.7 Å². The molecule has 1 fully saturated rings. The highest BCUT2D eigenvalue weighted by atomic mass is 16.6. The van der Waals surface area contributed by atoms with E-state index >= 15 is 0 Å². The van der Waals surface area contributed by atoms with E-state index in [1.807, 2.05) is 13.8 Å². The molecular weight excluding hydrogens is 366 g/mol. The number of carboxylic acids is 2. The lowest BCUT2D eigenvalue weighted by atomic mass is 9.80. The molecule has 1 rings (SSSR count). The van der Waals surface area contributed by atoms with Crippen molar-refractivity contribution in [2.45, 2.75) is 98.1 Å². The maximum Gasteiger partial charge on any atom is 0.412 e. The molecule has 0 aromatic rings. The van der Waals surface area contributed by atoms with E-state index in [1.54, 1.807) is 41.5 Å². The molecule has 3 atom stereocenters. The highest BCUT2D eigenvalue weighted by Crippen LogP contribution is 2.42. The number of amides is 1. The Hall–Kier alpha value is -1.83. The number of ether oxygens (including phenoxy) is 2. The average molecular weight is 402 g/mol. The Morgan fingerprint density at radius 2 is 1.68 bits per heavy atom. The molecule has 8 nitrogen and oxygen atoms in total. The fourth-order valence-corrected chi connectivity index (χ4v) is 3.66. The van der Waals surface area contributed by atoms with Gasteiger partial charge in [0, 0.05) is 0 Å². The van der Waals surface area contributed by atoms with Crippen LogP contribution in [-0.2, 0) is 19.1 Å². The second kappa shape index (κ2) is 8.27. The lowest BCUT2D eigenvalue weighted by Gasteiger charge is -2.37. The first-order chi connectivity index (χ1) is 12.4. The summed E-state index contributed by atoms with van der Waals surface area (Å²) in [5, 5.41) is 18.5. The van der Waals surface area contributed by atoms with Crippen molar-refractivity contribution in [1.82, 2.24) is 4.90 Å². The molecule has 0 unspecified atom stereocenters. The van der Waals surface area contributed by atoms with Crippen molar-refractivity contribution in [1.29, 1.82) is 0 Å². The van der Waals surface area contributed by atoms with E-state index < -0.39 is 52.8 Å². The third-order valence-electron chi connectivity index (χ3n) is 4.77. The molecule has 1 heterocycles. The Bertz CT molecular complexity index is 606. The van der Waals surface area contributed by atoms with E-state index in [0.29, 0.717) is 6.42 Å². The zero-order valence-electron chi connectivity index (χ0n) is 18.2. The first kappa shape index (κ1) is 24.2. The number of hydrogen-bond acceptors (Lipinski definition) is 5. The van der Waals surface area contributed by atoms with Gasteiger partial charge in [0.25, 0.3) is 0 Å². The molecule has 0 radical (unpaired) electrons. The molecule has 0 aromatic heterocycles. The summed E-state index contributed by atoms with van der Waals surface area (Å²) in [5.74, 6) is -2.53. The molecule has 1 saturated heterocycles. The summed E-state index contributed by atoms with van der Waals surface area (Å²) in [5.41, 5.74) is -2.33. The Morgan fingerprint density at radius 1 is 1.14 bits per heavy atom. The number of aliphatic carboxylic acids is 2. The van der Waals surface area contributed by atoms with Gasteiger partial charge in [-0.15, -0.1) is 0 Å². The number of rotatable bonds is 7.